The molecule has 0 spiro atoms. The van der Waals surface area contributed by atoms with Gasteiger partial charge in [0.1, 0.15) is 17.0 Å². The first-order valence-electron chi connectivity index (χ1n) is 5.39. The summed E-state index contributed by atoms with van der Waals surface area (Å²) in [6, 6.07) is 1.66. The van der Waals surface area contributed by atoms with Gasteiger partial charge in [0.25, 0.3) is 0 Å². The number of hydrogen-bond acceptors (Lipinski definition) is 6. The van der Waals surface area contributed by atoms with Gasteiger partial charge in [-0.2, -0.15) is 0 Å². The third-order valence-electron chi connectivity index (χ3n) is 2.51. The first-order valence-corrected chi connectivity index (χ1v) is 6.58. The molecule has 0 aliphatic rings. The molecule has 0 aliphatic heterocycles. The van der Waals surface area contributed by atoms with Crippen molar-refractivity contribution in [1.82, 2.24) is 4.98 Å². The highest BCUT2D eigenvalue weighted by Crippen LogP contribution is 2.38. The molecule has 2 N–H and O–H groups in total. The van der Waals surface area contributed by atoms with E-state index in [9.17, 15) is 9.59 Å². The smallest absolute Gasteiger partial charge is 0.181 e. The number of rotatable bonds is 4. The van der Waals surface area contributed by atoms with E-state index in [1.807, 2.05) is 0 Å². The molecule has 0 bridgehead atoms. The number of methoxy groups -OCH3 is 1. The highest BCUT2D eigenvalue weighted by molar-refractivity contribution is 7.22. The Morgan fingerprint density at radius 2 is 2.21 bits per heavy atom. The number of carbonyl (C=O) groups excluding carboxylic acids is 2. The van der Waals surface area contributed by atoms with Crippen LogP contribution in [0.1, 0.15) is 23.7 Å². The molecule has 2 aromatic rings. The number of halogens is 1. The van der Waals surface area contributed by atoms with E-state index in [4.69, 9.17) is 22.1 Å². The molecule has 7 heteroatoms. The summed E-state index contributed by atoms with van der Waals surface area (Å²) in [7, 11) is 1.44. The molecule has 0 saturated carbocycles. The number of Topliss-reactive ketones (excluding diaryl/α,β-unsaturated/α-hetero) is 2. The van der Waals surface area contributed by atoms with Gasteiger partial charge in [0.05, 0.1) is 28.8 Å². The maximum Gasteiger partial charge on any atom is 0.181 e. The van der Waals surface area contributed by atoms with Crippen LogP contribution in [0.3, 0.4) is 0 Å². The number of hydrogen-bond donors (Lipinski definition) is 1. The minimum Gasteiger partial charge on any atom is -0.496 e. The zero-order valence-corrected chi connectivity index (χ0v) is 11.9. The summed E-state index contributed by atoms with van der Waals surface area (Å²) in [6.45, 7) is 1.34. The van der Waals surface area contributed by atoms with Crippen LogP contribution in [0, 0.1) is 0 Å². The van der Waals surface area contributed by atoms with Gasteiger partial charge >= 0.3 is 0 Å². The molecule has 0 radical (unpaired) electrons. The average molecular weight is 299 g/mol. The normalized spacial score (nSPS) is 10.7. The molecule has 1 aromatic carbocycles. The van der Waals surface area contributed by atoms with Crippen LogP contribution in [-0.2, 0) is 4.79 Å². The number of nitrogen functional groups attached to an aromatic ring is 1. The van der Waals surface area contributed by atoms with Crippen molar-refractivity contribution >= 4 is 49.9 Å². The number of fused-ring (bicyclic) bond motifs is 1. The maximum atomic E-state index is 12.1. The summed E-state index contributed by atoms with van der Waals surface area (Å²) in [5, 5.41) is 0.531. The van der Waals surface area contributed by atoms with Crippen LogP contribution in [-0.4, -0.2) is 23.7 Å². The van der Waals surface area contributed by atoms with Crippen LogP contribution in [0.4, 0.5) is 5.13 Å². The van der Waals surface area contributed by atoms with Crippen LogP contribution in [0.2, 0.25) is 5.02 Å². The largest absolute Gasteiger partial charge is 0.496 e. The molecule has 19 heavy (non-hydrogen) atoms. The predicted molar refractivity (Wildman–Crippen MR) is 75.2 cm³/mol. The second-order valence-corrected chi connectivity index (χ2v) is 5.41. The Morgan fingerprint density at radius 3 is 2.79 bits per heavy atom. The van der Waals surface area contributed by atoms with Crippen molar-refractivity contribution in [1.29, 1.82) is 0 Å². The average Bonchev–Trinajstić information content (AvgIpc) is 2.68. The molecule has 0 aliphatic carbocycles. The van der Waals surface area contributed by atoms with E-state index in [0.717, 1.165) is 4.70 Å². The van der Waals surface area contributed by atoms with E-state index >= 15 is 0 Å². The predicted octanol–water partition coefficient (Wildman–Crippen LogP) is 2.70. The van der Waals surface area contributed by atoms with Crippen LogP contribution in [0.5, 0.6) is 5.75 Å². The maximum absolute atomic E-state index is 12.1. The standard InChI is InChI=1S/C12H11ClN2O3S/c1-5(16)3-6(17)9-7(18-2)4-8-11(10(9)13)15-12(14)19-8/h4H,3H2,1-2H3,(H2,14,15). The lowest BCUT2D eigenvalue weighted by atomic mass is 10.0. The Labute approximate surface area is 118 Å². The number of thiazole rings is 1. The van der Waals surface area contributed by atoms with Gasteiger partial charge in [-0.15, -0.1) is 0 Å². The minimum atomic E-state index is -0.386. The summed E-state index contributed by atoms with van der Waals surface area (Å²) in [6.07, 6.45) is -0.221. The highest BCUT2D eigenvalue weighted by Gasteiger charge is 2.22. The van der Waals surface area contributed by atoms with Crippen molar-refractivity contribution in [2.75, 3.05) is 12.8 Å². The number of carbonyl (C=O) groups is 2. The van der Waals surface area contributed by atoms with Gasteiger partial charge in [-0.05, 0) is 6.92 Å². The number of aromatic nitrogens is 1. The van der Waals surface area contributed by atoms with Gasteiger partial charge in [-0.1, -0.05) is 22.9 Å². The third kappa shape index (κ3) is 2.54. The number of ketones is 2. The number of nitrogens with zero attached hydrogens (tertiary/aromatic N) is 1. The van der Waals surface area contributed by atoms with Crippen molar-refractivity contribution in [3.8, 4) is 5.75 Å². The number of benzene rings is 1. The quantitative estimate of drug-likeness (QED) is 0.693. The van der Waals surface area contributed by atoms with Crippen LogP contribution >= 0.6 is 22.9 Å². The molecule has 0 saturated heterocycles. The number of anilines is 1. The first kappa shape index (κ1) is 13.8. The molecule has 2 rings (SSSR count). The van der Waals surface area contributed by atoms with E-state index in [1.165, 1.54) is 25.4 Å². The van der Waals surface area contributed by atoms with Gasteiger partial charge in [-0.25, -0.2) is 4.98 Å². The summed E-state index contributed by atoms with van der Waals surface area (Å²) in [5.74, 6) is -0.295. The van der Waals surface area contributed by atoms with Crippen molar-refractivity contribution in [2.24, 2.45) is 0 Å². The van der Waals surface area contributed by atoms with Crippen LogP contribution < -0.4 is 10.5 Å². The summed E-state index contributed by atoms with van der Waals surface area (Å²) >= 11 is 7.45. The van der Waals surface area contributed by atoms with E-state index in [1.54, 1.807) is 6.07 Å². The van der Waals surface area contributed by atoms with Crippen LogP contribution in [0.15, 0.2) is 6.07 Å². The second kappa shape index (κ2) is 5.14. The highest BCUT2D eigenvalue weighted by atomic mass is 35.5. The van der Waals surface area contributed by atoms with Crippen molar-refractivity contribution in [3.63, 3.8) is 0 Å². The second-order valence-electron chi connectivity index (χ2n) is 3.97. The molecule has 5 nitrogen and oxygen atoms in total. The lowest BCUT2D eigenvalue weighted by Crippen LogP contribution is -2.08. The van der Waals surface area contributed by atoms with Crippen molar-refractivity contribution in [2.45, 2.75) is 13.3 Å². The molecule has 0 atom stereocenters. The molecule has 1 aromatic heterocycles. The van der Waals surface area contributed by atoms with Gasteiger partial charge in [0.15, 0.2) is 10.9 Å². The van der Waals surface area contributed by atoms with E-state index in [2.05, 4.69) is 4.98 Å². The molecule has 1 heterocycles. The molecular weight excluding hydrogens is 288 g/mol. The number of nitrogens with two attached hydrogens (primary N) is 1. The third-order valence-corrected chi connectivity index (χ3v) is 3.71. The zero-order chi connectivity index (χ0) is 14.2. The number of ether oxygens (including phenoxy) is 1. The summed E-state index contributed by atoms with van der Waals surface area (Å²) < 4.78 is 5.90. The monoisotopic (exact) mass is 298 g/mol. The van der Waals surface area contributed by atoms with Gasteiger partial charge in [-0.3, -0.25) is 9.59 Å². The van der Waals surface area contributed by atoms with Gasteiger partial charge in [0, 0.05) is 6.07 Å². The van der Waals surface area contributed by atoms with Gasteiger partial charge in [0.2, 0.25) is 0 Å². The lowest BCUT2D eigenvalue weighted by molar-refractivity contribution is -0.116. The van der Waals surface area contributed by atoms with Crippen molar-refractivity contribution < 1.29 is 14.3 Å². The van der Waals surface area contributed by atoms with Crippen molar-refractivity contribution in [3.05, 3.63) is 16.7 Å². The fourth-order valence-corrected chi connectivity index (χ4v) is 2.93. The van der Waals surface area contributed by atoms with E-state index in [0.29, 0.717) is 16.4 Å². The Balaban J connectivity index is 2.67. The zero-order valence-electron chi connectivity index (χ0n) is 10.3. The molecular formula is C12H11ClN2O3S. The van der Waals surface area contributed by atoms with Gasteiger partial charge < -0.3 is 10.5 Å². The summed E-state index contributed by atoms with van der Waals surface area (Å²) in [5.41, 5.74) is 6.26. The summed E-state index contributed by atoms with van der Waals surface area (Å²) in [4.78, 5) is 27.2. The lowest BCUT2D eigenvalue weighted by Gasteiger charge is -2.09. The molecule has 100 valence electrons. The van der Waals surface area contributed by atoms with E-state index < -0.39 is 0 Å². The SMILES string of the molecule is COc1cc2sc(N)nc2c(Cl)c1C(=O)CC(C)=O. The van der Waals surface area contributed by atoms with Crippen LogP contribution in [0.25, 0.3) is 10.2 Å². The molecule has 0 fully saturated rings. The molecule has 0 amide bonds. The first-order chi connectivity index (χ1) is 8.93. The Bertz CT molecular complexity index is 681. The Hall–Kier alpha value is -1.66. The van der Waals surface area contributed by atoms with E-state index in [-0.39, 0.29) is 28.6 Å². The fraction of sp³-hybridized carbons (Fsp3) is 0.250. The Morgan fingerprint density at radius 1 is 1.53 bits per heavy atom. The molecule has 0 unspecified atom stereocenters. The minimum absolute atomic E-state index is 0.175. The topological polar surface area (TPSA) is 82.3 Å². The fourth-order valence-electron chi connectivity index (χ4n) is 1.76. The Kier molecular flexibility index (Phi) is 3.73.